The Balaban J connectivity index is 2.67. The van der Waals surface area contributed by atoms with Crippen molar-refractivity contribution in [2.45, 2.75) is 71.5 Å². The maximum atomic E-state index is 12.2. The molecule has 1 rings (SSSR count). The minimum Gasteiger partial charge on any atom is -0.299 e. The molecule has 20 heavy (non-hydrogen) atoms. The first kappa shape index (κ1) is 17.2. The van der Waals surface area contributed by atoms with Crippen molar-refractivity contribution in [3.8, 4) is 11.5 Å². The topological polar surface area (TPSA) is 17.1 Å². The van der Waals surface area contributed by atoms with E-state index in [4.69, 9.17) is 0 Å². The molecule has 0 radical (unpaired) electrons. The van der Waals surface area contributed by atoms with Gasteiger partial charge in [0, 0.05) is 18.8 Å². The second-order valence-corrected chi connectivity index (χ2v) is 12.2. The highest BCUT2D eigenvalue weighted by molar-refractivity contribution is 6.83. The van der Waals surface area contributed by atoms with Crippen molar-refractivity contribution in [3.05, 3.63) is 12.7 Å². The van der Waals surface area contributed by atoms with E-state index in [1.54, 1.807) is 0 Å². The number of ketones is 1. The van der Waals surface area contributed by atoms with Crippen LogP contribution in [0.5, 0.6) is 0 Å². The fourth-order valence-electron chi connectivity index (χ4n) is 3.17. The first-order valence-corrected chi connectivity index (χ1v) is 11.4. The van der Waals surface area contributed by atoms with E-state index >= 15 is 0 Å². The zero-order valence-electron chi connectivity index (χ0n) is 13.7. The van der Waals surface area contributed by atoms with Crippen molar-refractivity contribution in [2.24, 2.45) is 11.3 Å². The summed E-state index contributed by atoms with van der Waals surface area (Å²) in [7, 11) is -1.26. The van der Waals surface area contributed by atoms with Crippen LogP contribution in [0.3, 0.4) is 0 Å². The van der Waals surface area contributed by atoms with Crippen LogP contribution in [0.25, 0.3) is 0 Å². The van der Waals surface area contributed by atoms with Crippen molar-refractivity contribution in [2.75, 3.05) is 0 Å². The lowest BCUT2D eigenvalue weighted by Gasteiger charge is -2.40. The van der Waals surface area contributed by atoms with E-state index in [2.05, 4.69) is 44.6 Å². The van der Waals surface area contributed by atoms with E-state index in [0.717, 1.165) is 38.5 Å². The van der Waals surface area contributed by atoms with E-state index in [0.29, 0.717) is 5.78 Å². The van der Waals surface area contributed by atoms with Crippen LogP contribution in [0.2, 0.25) is 19.6 Å². The fraction of sp³-hybridized carbons (Fsp3) is 0.722. The first-order valence-electron chi connectivity index (χ1n) is 7.92. The Morgan fingerprint density at radius 1 is 1.45 bits per heavy atom. The van der Waals surface area contributed by atoms with E-state index in [9.17, 15) is 4.79 Å². The molecule has 2 atom stereocenters. The number of hydrogen-bond acceptors (Lipinski definition) is 1. The zero-order valence-corrected chi connectivity index (χ0v) is 14.7. The Labute approximate surface area is 126 Å². The molecule has 112 valence electrons. The van der Waals surface area contributed by atoms with Crippen LogP contribution in [-0.4, -0.2) is 13.9 Å². The quantitative estimate of drug-likeness (QED) is 0.396. The third kappa shape index (κ3) is 5.29. The molecule has 0 spiro atoms. The van der Waals surface area contributed by atoms with Gasteiger partial charge in [0.25, 0.3) is 0 Å². The molecule has 0 bridgehead atoms. The molecule has 0 N–H and O–H groups in total. The molecule has 2 heteroatoms. The summed E-state index contributed by atoms with van der Waals surface area (Å²) < 4.78 is 0. The third-order valence-corrected chi connectivity index (χ3v) is 5.27. The summed E-state index contributed by atoms with van der Waals surface area (Å²) >= 11 is 0. The third-order valence-electron chi connectivity index (χ3n) is 4.34. The van der Waals surface area contributed by atoms with E-state index in [1.165, 1.54) is 6.42 Å². The molecule has 0 aromatic heterocycles. The number of Topliss-reactive ketones (excluding diaryl/α,β-unsaturated/α-hetero) is 1. The largest absolute Gasteiger partial charge is 0.299 e. The molecule has 0 saturated heterocycles. The predicted octanol–water partition coefficient (Wildman–Crippen LogP) is 4.99. The van der Waals surface area contributed by atoms with Gasteiger partial charge in [-0.2, -0.15) is 0 Å². The van der Waals surface area contributed by atoms with Crippen molar-refractivity contribution in [3.63, 3.8) is 0 Å². The minimum absolute atomic E-state index is 0.159. The van der Waals surface area contributed by atoms with Crippen LogP contribution in [0.1, 0.15) is 51.9 Å². The van der Waals surface area contributed by atoms with E-state index in [-0.39, 0.29) is 11.3 Å². The molecule has 0 aromatic rings. The molecule has 1 saturated carbocycles. The lowest BCUT2D eigenvalue weighted by Crippen LogP contribution is -2.37. The van der Waals surface area contributed by atoms with Gasteiger partial charge in [-0.15, -0.1) is 18.0 Å². The van der Waals surface area contributed by atoms with Gasteiger partial charge in [0.2, 0.25) is 0 Å². The maximum absolute atomic E-state index is 12.2. The Morgan fingerprint density at radius 2 is 2.15 bits per heavy atom. The minimum atomic E-state index is -1.26. The van der Waals surface area contributed by atoms with Crippen LogP contribution >= 0.6 is 0 Å². The number of carbonyl (C=O) groups excluding carboxylic acids is 1. The average molecular weight is 291 g/mol. The number of hydrogen-bond donors (Lipinski definition) is 0. The molecule has 0 aromatic carbocycles. The highest BCUT2D eigenvalue weighted by Gasteiger charge is 2.40. The van der Waals surface area contributed by atoms with Crippen LogP contribution in [-0.2, 0) is 4.79 Å². The molecule has 0 amide bonds. The molecule has 1 nitrogen and oxygen atoms in total. The Bertz CT molecular complexity index is 407. The highest BCUT2D eigenvalue weighted by Crippen LogP contribution is 2.44. The monoisotopic (exact) mass is 290 g/mol. The SMILES string of the molecule is C=CCCC1C(=O)CCC[C@@]1(C)CCC#C[Si](C)(C)C. The lowest BCUT2D eigenvalue weighted by molar-refractivity contribution is -0.130. The maximum Gasteiger partial charge on any atom is 0.136 e. The summed E-state index contributed by atoms with van der Waals surface area (Å²) in [5, 5.41) is 0. The van der Waals surface area contributed by atoms with E-state index in [1.807, 2.05) is 6.08 Å². The predicted molar refractivity (Wildman–Crippen MR) is 90.2 cm³/mol. The average Bonchev–Trinajstić information content (AvgIpc) is 2.33. The van der Waals surface area contributed by atoms with Gasteiger partial charge in [-0.25, -0.2) is 0 Å². The van der Waals surface area contributed by atoms with E-state index < -0.39 is 8.07 Å². The van der Waals surface area contributed by atoms with Crippen molar-refractivity contribution in [1.82, 2.24) is 0 Å². The normalized spacial score (nSPS) is 26.8. The second-order valence-electron chi connectivity index (χ2n) is 7.44. The van der Waals surface area contributed by atoms with Crippen LogP contribution < -0.4 is 0 Å². The highest BCUT2D eigenvalue weighted by atomic mass is 28.3. The summed E-state index contributed by atoms with van der Waals surface area (Å²) in [4.78, 5) is 12.2. The van der Waals surface area contributed by atoms with Crippen LogP contribution in [0.15, 0.2) is 12.7 Å². The van der Waals surface area contributed by atoms with Gasteiger partial charge in [0.05, 0.1) is 0 Å². The number of carbonyl (C=O) groups is 1. The first-order chi connectivity index (χ1) is 9.28. The standard InChI is InChI=1S/C18H30OSi/c1-6-7-11-16-17(19)12-10-14-18(16,2)13-8-9-15-20(3,4)5/h6,16H,1,7-8,10-14H2,2-5H3/t16?,18-/m1/s1. The summed E-state index contributed by atoms with van der Waals surface area (Å²) in [5.41, 5.74) is 3.59. The Morgan fingerprint density at radius 3 is 2.75 bits per heavy atom. The van der Waals surface area contributed by atoms with Gasteiger partial charge in [-0.3, -0.25) is 4.79 Å². The van der Waals surface area contributed by atoms with Gasteiger partial charge >= 0.3 is 0 Å². The molecule has 1 aliphatic rings. The zero-order chi connectivity index (χ0) is 15.2. The molecule has 1 unspecified atom stereocenters. The smallest absolute Gasteiger partial charge is 0.136 e. The summed E-state index contributed by atoms with van der Waals surface area (Å²) in [5.74, 6) is 4.07. The van der Waals surface area contributed by atoms with Crippen LogP contribution in [0, 0.1) is 22.8 Å². The molecular formula is C18H30OSi. The Hall–Kier alpha value is -0.813. The molecule has 0 heterocycles. The molecule has 0 aliphatic heterocycles. The Kier molecular flexibility index (Phi) is 6.26. The molecule has 1 aliphatic carbocycles. The van der Waals surface area contributed by atoms with Gasteiger partial charge in [-0.05, 0) is 37.5 Å². The van der Waals surface area contributed by atoms with Crippen molar-refractivity contribution in [1.29, 1.82) is 0 Å². The van der Waals surface area contributed by atoms with Crippen molar-refractivity contribution >= 4 is 13.9 Å². The van der Waals surface area contributed by atoms with Gasteiger partial charge in [-0.1, -0.05) is 32.6 Å². The van der Waals surface area contributed by atoms with Crippen molar-refractivity contribution < 1.29 is 4.79 Å². The summed E-state index contributed by atoms with van der Waals surface area (Å²) in [6.45, 7) is 12.9. The fourth-order valence-corrected chi connectivity index (χ4v) is 3.83. The lowest BCUT2D eigenvalue weighted by atomic mass is 9.63. The number of allylic oxidation sites excluding steroid dienone is 1. The van der Waals surface area contributed by atoms with Crippen LogP contribution in [0.4, 0.5) is 0 Å². The summed E-state index contributed by atoms with van der Waals surface area (Å²) in [6.07, 6.45) is 8.88. The molecule has 1 fully saturated rings. The van der Waals surface area contributed by atoms with Gasteiger partial charge < -0.3 is 0 Å². The second kappa shape index (κ2) is 7.27. The number of rotatable bonds is 5. The van der Waals surface area contributed by atoms with Gasteiger partial charge in [0.1, 0.15) is 13.9 Å². The van der Waals surface area contributed by atoms with Gasteiger partial charge in [0.15, 0.2) is 0 Å². The molecular weight excluding hydrogens is 260 g/mol. The summed E-state index contributed by atoms with van der Waals surface area (Å²) in [6, 6.07) is 0.